The van der Waals surface area contributed by atoms with E-state index >= 15 is 8.78 Å². The molecule has 2 aliphatic heterocycles. The highest BCUT2D eigenvalue weighted by Gasteiger charge is 2.50. The maximum atomic E-state index is 15.1. The Morgan fingerprint density at radius 3 is 2.44 bits per heavy atom. The minimum atomic E-state index is -1.18. The predicted octanol–water partition coefficient (Wildman–Crippen LogP) is 7.82. The number of pyridine rings is 1. The summed E-state index contributed by atoms with van der Waals surface area (Å²) in [6.45, 7) is 16.0. The SMILES string of the molecule is Cc1nc2c(F)cc(-c3nc(Nc4cc(Cl)c(Sc5cnc(N6CCC7(CC6)CO[C@@H](C)[C@H]7N[S@](=O)C(C)(C)C)cn5)cn4)ncc3F)cc2n1C(C)C. The molecule has 0 aliphatic carbocycles. The number of nitrogens with one attached hydrogen (secondary N) is 2. The summed E-state index contributed by atoms with van der Waals surface area (Å²) in [5.74, 6) is 0.591. The molecule has 2 N–H and O–H groups in total. The van der Waals surface area contributed by atoms with Crippen LogP contribution in [0.15, 0.2) is 52.9 Å². The van der Waals surface area contributed by atoms with E-state index in [4.69, 9.17) is 21.3 Å². The lowest BCUT2D eigenvalue weighted by molar-refractivity contribution is 0.0973. The van der Waals surface area contributed by atoms with Gasteiger partial charge in [0.2, 0.25) is 5.95 Å². The van der Waals surface area contributed by atoms with Crippen LogP contribution in [0.25, 0.3) is 22.3 Å². The van der Waals surface area contributed by atoms with Gasteiger partial charge in [-0.15, -0.1) is 0 Å². The molecule has 5 aromatic rings. The van der Waals surface area contributed by atoms with Crippen molar-refractivity contribution in [1.29, 1.82) is 0 Å². The fraction of sp³-hybridized carbons (Fsp3) is 0.459. The number of fused-ring (bicyclic) bond motifs is 1. The lowest BCUT2D eigenvalue weighted by Gasteiger charge is -2.43. The Kier molecular flexibility index (Phi) is 10.7. The number of halogens is 3. The molecular formula is C37H43ClF2N10O2S2. The third-order valence-electron chi connectivity index (χ3n) is 9.98. The van der Waals surface area contributed by atoms with Crippen molar-refractivity contribution in [3.8, 4) is 11.3 Å². The highest BCUT2D eigenvalue weighted by Crippen LogP contribution is 2.43. The van der Waals surface area contributed by atoms with Crippen LogP contribution in [0.4, 0.5) is 26.4 Å². The minimum Gasteiger partial charge on any atom is -0.376 e. The summed E-state index contributed by atoms with van der Waals surface area (Å²) in [7, 11) is -1.18. The Morgan fingerprint density at radius 1 is 1.02 bits per heavy atom. The normalized spacial score (nSPS) is 19.3. The second-order valence-corrected chi connectivity index (χ2v) is 18.6. The molecule has 2 aliphatic rings. The fourth-order valence-corrected chi connectivity index (χ4v) is 9.12. The number of piperidine rings is 1. The van der Waals surface area contributed by atoms with E-state index in [9.17, 15) is 4.21 Å². The summed E-state index contributed by atoms with van der Waals surface area (Å²) >= 11 is 7.99. The number of hydrogen-bond donors (Lipinski definition) is 2. The van der Waals surface area contributed by atoms with E-state index in [1.54, 1.807) is 30.7 Å². The van der Waals surface area contributed by atoms with Crippen molar-refractivity contribution < 1.29 is 17.7 Å². The molecule has 54 heavy (non-hydrogen) atoms. The first-order chi connectivity index (χ1) is 25.6. The zero-order chi connectivity index (χ0) is 38.5. The third kappa shape index (κ3) is 7.68. The van der Waals surface area contributed by atoms with Crippen LogP contribution >= 0.6 is 23.4 Å². The van der Waals surface area contributed by atoms with Gasteiger partial charge in [0.25, 0.3) is 0 Å². The van der Waals surface area contributed by atoms with Gasteiger partial charge in [0, 0.05) is 42.4 Å². The Hall–Kier alpha value is -3.83. The Labute approximate surface area is 324 Å². The van der Waals surface area contributed by atoms with Gasteiger partial charge in [0.15, 0.2) is 11.6 Å². The number of nitrogens with zero attached hydrogens (tertiary/aromatic N) is 8. The van der Waals surface area contributed by atoms with Crippen LogP contribution in [0.3, 0.4) is 0 Å². The first-order valence-electron chi connectivity index (χ1n) is 17.8. The molecule has 0 saturated carbocycles. The second kappa shape index (κ2) is 15.0. The molecule has 286 valence electrons. The molecule has 0 unspecified atom stereocenters. The Balaban J connectivity index is 0.998. The molecule has 1 aromatic carbocycles. The van der Waals surface area contributed by atoms with E-state index in [-0.39, 0.29) is 51.1 Å². The van der Waals surface area contributed by atoms with Crippen LogP contribution in [-0.4, -0.2) is 75.3 Å². The molecule has 2 fully saturated rings. The van der Waals surface area contributed by atoms with Crippen molar-refractivity contribution >= 4 is 63.0 Å². The van der Waals surface area contributed by atoms with E-state index in [2.05, 4.69) is 46.8 Å². The number of hydrogen-bond acceptors (Lipinski definition) is 11. The van der Waals surface area contributed by atoms with Gasteiger partial charge in [0.05, 0.1) is 68.5 Å². The van der Waals surface area contributed by atoms with Crippen LogP contribution < -0.4 is 14.9 Å². The Morgan fingerprint density at radius 2 is 1.78 bits per heavy atom. The largest absolute Gasteiger partial charge is 0.376 e. The maximum Gasteiger partial charge on any atom is 0.229 e. The number of ether oxygens (including phenoxy) is 1. The molecule has 6 heterocycles. The Bertz CT molecular complexity index is 2210. The standard InChI is InChI=1S/C37H43ClF2N10O2S2/c1-20(2)50-22(4)45-33-25(39)12-23(13-27(33)50)32-26(40)15-44-35(47-32)46-29-14-24(38)28(16-41-29)53-31-18-42-30(17-43-31)49-10-8-37(9-11-49)19-52-21(3)34(37)48-54(51)36(5,6)7/h12-18,20-21,34,48H,8-11,19H2,1-7H3,(H,41,44,46,47)/t21-,34+,54+/m0/s1. The van der Waals surface area contributed by atoms with Crippen LogP contribution in [0.2, 0.25) is 5.02 Å². The van der Waals surface area contributed by atoms with Gasteiger partial charge in [-0.3, -0.25) is 0 Å². The molecule has 1 spiro atoms. The second-order valence-electron chi connectivity index (χ2n) is 15.1. The van der Waals surface area contributed by atoms with E-state index < -0.39 is 22.6 Å². The number of aromatic nitrogens is 7. The molecule has 3 atom stereocenters. The van der Waals surface area contributed by atoms with Crippen molar-refractivity contribution in [3.05, 3.63) is 65.5 Å². The minimum absolute atomic E-state index is 0.0150. The molecular weight excluding hydrogens is 754 g/mol. The smallest absolute Gasteiger partial charge is 0.229 e. The van der Waals surface area contributed by atoms with Crippen molar-refractivity contribution in [2.24, 2.45) is 5.41 Å². The first kappa shape index (κ1) is 38.4. The van der Waals surface area contributed by atoms with Gasteiger partial charge in [-0.25, -0.2) is 47.6 Å². The average molecular weight is 797 g/mol. The summed E-state index contributed by atoms with van der Waals surface area (Å²) in [6, 6.07) is 4.57. The fourth-order valence-electron chi connectivity index (χ4n) is 7.13. The number of aryl methyl sites for hydroxylation is 1. The van der Waals surface area contributed by atoms with Crippen molar-refractivity contribution in [2.45, 2.75) is 94.2 Å². The van der Waals surface area contributed by atoms with Crippen LogP contribution in [0.5, 0.6) is 0 Å². The van der Waals surface area contributed by atoms with Crippen molar-refractivity contribution in [1.82, 2.24) is 39.2 Å². The topological polar surface area (TPSA) is 136 Å². The number of imidazole rings is 1. The van der Waals surface area contributed by atoms with Crippen LogP contribution in [0, 0.1) is 24.0 Å². The lowest BCUT2D eigenvalue weighted by Crippen LogP contribution is -2.55. The summed E-state index contributed by atoms with van der Waals surface area (Å²) in [5, 5.41) is 4.03. The van der Waals surface area contributed by atoms with Gasteiger partial charge >= 0.3 is 0 Å². The average Bonchev–Trinajstić information content (AvgIpc) is 3.62. The molecule has 2 saturated heterocycles. The van der Waals surface area contributed by atoms with Crippen LogP contribution in [-0.2, 0) is 15.7 Å². The van der Waals surface area contributed by atoms with E-state index in [1.807, 2.05) is 46.1 Å². The molecule has 4 aromatic heterocycles. The van der Waals surface area contributed by atoms with E-state index in [1.165, 1.54) is 17.8 Å². The van der Waals surface area contributed by atoms with Gasteiger partial charge in [-0.05, 0) is 73.4 Å². The third-order valence-corrected chi connectivity index (χ3v) is 13.0. The van der Waals surface area contributed by atoms with Gasteiger partial charge in [-0.1, -0.05) is 23.4 Å². The quantitative estimate of drug-likeness (QED) is 0.151. The van der Waals surface area contributed by atoms with E-state index in [0.717, 1.165) is 37.9 Å². The monoisotopic (exact) mass is 796 g/mol. The zero-order valence-electron chi connectivity index (χ0n) is 31.2. The van der Waals surface area contributed by atoms with Crippen molar-refractivity contribution in [2.75, 3.05) is 29.9 Å². The summed E-state index contributed by atoms with van der Waals surface area (Å²) < 4.78 is 54.2. The molecule has 7 rings (SSSR count). The number of rotatable bonds is 9. The molecule has 17 heteroatoms. The maximum absolute atomic E-state index is 15.1. The molecule has 12 nitrogen and oxygen atoms in total. The molecule has 0 amide bonds. The zero-order valence-corrected chi connectivity index (χ0v) is 33.5. The molecule has 0 radical (unpaired) electrons. The first-order valence-corrected chi connectivity index (χ1v) is 20.1. The van der Waals surface area contributed by atoms with E-state index in [0.29, 0.717) is 38.7 Å². The predicted molar refractivity (Wildman–Crippen MR) is 209 cm³/mol. The highest BCUT2D eigenvalue weighted by atomic mass is 35.5. The summed E-state index contributed by atoms with van der Waals surface area (Å²) in [5.41, 5.74) is 0.887. The number of benzene rings is 1. The number of anilines is 3. The van der Waals surface area contributed by atoms with Crippen molar-refractivity contribution in [3.63, 3.8) is 0 Å². The lowest BCUT2D eigenvalue weighted by atomic mass is 9.73. The summed E-state index contributed by atoms with van der Waals surface area (Å²) in [6.07, 6.45) is 7.87. The highest BCUT2D eigenvalue weighted by molar-refractivity contribution is 7.99. The molecule has 0 bridgehead atoms. The van der Waals surface area contributed by atoms with Gasteiger partial charge in [-0.2, -0.15) is 0 Å². The van der Waals surface area contributed by atoms with Gasteiger partial charge < -0.3 is 19.5 Å². The van der Waals surface area contributed by atoms with Crippen LogP contribution in [0.1, 0.15) is 66.3 Å². The summed E-state index contributed by atoms with van der Waals surface area (Å²) in [4.78, 5) is 29.5. The van der Waals surface area contributed by atoms with Gasteiger partial charge in [0.1, 0.15) is 33.7 Å².